The van der Waals surface area contributed by atoms with Gasteiger partial charge in [-0.25, -0.2) is 13.4 Å². The summed E-state index contributed by atoms with van der Waals surface area (Å²) in [5, 5.41) is 2.02. The third-order valence-electron chi connectivity index (χ3n) is 2.77. The highest BCUT2D eigenvalue weighted by Gasteiger charge is 2.19. The average Bonchev–Trinajstić information content (AvgIpc) is 2.98. The van der Waals surface area contributed by atoms with Crippen LogP contribution >= 0.6 is 22.9 Å². The van der Waals surface area contributed by atoms with E-state index in [0.29, 0.717) is 21.2 Å². The Labute approximate surface area is 124 Å². The van der Waals surface area contributed by atoms with Crippen LogP contribution in [0.1, 0.15) is 5.01 Å². The lowest BCUT2D eigenvalue weighted by molar-refractivity contribution is 0.603. The third kappa shape index (κ3) is 2.28. The van der Waals surface area contributed by atoms with Crippen LogP contribution < -0.4 is 4.72 Å². The lowest BCUT2D eigenvalue weighted by atomic mass is 10.2. The van der Waals surface area contributed by atoms with Crippen molar-refractivity contribution < 1.29 is 8.42 Å². The fourth-order valence-electron chi connectivity index (χ4n) is 1.87. The van der Waals surface area contributed by atoms with Gasteiger partial charge in [0.25, 0.3) is 10.0 Å². The minimum atomic E-state index is -3.63. The Bertz CT molecular complexity index is 883. The zero-order chi connectivity index (χ0) is 14.3. The number of para-hydroxylation sites is 1. The van der Waals surface area contributed by atoms with Crippen molar-refractivity contribution in [1.82, 2.24) is 9.97 Å². The number of hydrogen-bond acceptors (Lipinski definition) is 4. The number of hydrogen-bond donors (Lipinski definition) is 2. The summed E-state index contributed by atoms with van der Waals surface area (Å²) in [6.07, 6.45) is 2.98. The molecule has 0 saturated carbocycles. The molecule has 3 rings (SSSR count). The van der Waals surface area contributed by atoms with Crippen molar-refractivity contribution in [3.63, 3.8) is 0 Å². The Morgan fingerprint density at radius 1 is 1.40 bits per heavy atom. The zero-order valence-corrected chi connectivity index (χ0v) is 12.7. The molecule has 0 aliphatic carbocycles. The van der Waals surface area contributed by atoms with Gasteiger partial charge in [0.15, 0.2) is 4.21 Å². The van der Waals surface area contributed by atoms with Crippen LogP contribution in [0.4, 0.5) is 5.69 Å². The van der Waals surface area contributed by atoms with Gasteiger partial charge in [0.2, 0.25) is 0 Å². The predicted molar refractivity (Wildman–Crippen MR) is 81.0 cm³/mol. The van der Waals surface area contributed by atoms with Crippen molar-refractivity contribution in [2.75, 3.05) is 4.72 Å². The van der Waals surface area contributed by atoms with Gasteiger partial charge in [-0.2, -0.15) is 0 Å². The van der Waals surface area contributed by atoms with E-state index in [1.165, 1.54) is 6.20 Å². The maximum atomic E-state index is 12.3. The van der Waals surface area contributed by atoms with E-state index in [4.69, 9.17) is 11.6 Å². The zero-order valence-electron chi connectivity index (χ0n) is 10.3. The van der Waals surface area contributed by atoms with Crippen molar-refractivity contribution in [3.05, 3.63) is 40.6 Å². The van der Waals surface area contributed by atoms with Crippen LogP contribution in [0.2, 0.25) is 5.02 Å². The minimum Gasteiger partial charge on any atom is -0.358 e. The fourth-order valence-corrected chi connectivity index (χ4v) is 4.26. The fraction of sp³-hybridized carbons (Fsp3) is 0.0833. The van der Waals surface area contributed by atoms with Crippen LogP contribution in [0.25, 0.3) is 10.9 Å². The maximum absolute atomic E-state index is 12.3. The van der Waals surface area contributed by atoms with E-state index in [2.05, 4.69) is 14.7 Å². The normalized spacial score (nSPS) is 11.9. The molecule has 5 nitrogen and oxygen atoms in total. The van der Waals surface area contributed by atoms with Crippen molar-refractivity contribution in [3.8, 4) is 0 Å². The van der Waals surface area contributed by atoms with E-state index in [-0.39, 0.29) is 4.21 Å². The highest BCUT2D eigenvalue weighted by molar-refractivity contribution is 7.94. The Hall–Kier alpha value is -1.57. The number of sulfonamides is 1. The van der Waals surface area contributed by atoms with Gasteiger partial charge in [-0.3, -0.25) is 4.72 Å². The highest BCUT2D eigenvalue weighted by atomic mass is 35.5. The van der Waals surface area contributed by atoms with Crippen molar-refractivity contribution in [2.45, 2.75) is 11.1 Å². The summed E-state index contributed by atoms with van der Waals surface area (Å²) in [5.41, 5.74) is 1.11. The molecule has 0 unspecified atom stereocenters. The van der Waals surface area contributed by atoms with Gasteiger partial charge >= 0.3 is 0 Å². The highest BCUT2D eigenvalue weighted by Crippen LogP contribution is 2.30. The second-order valence-electron chi connectivity index (χ2n) is 4.17. The molecule has 2 heterocycles. The average molecular weight is 328 g/mol. The van der Waals surface area contributed by atoms with E-state index in [1.807, 2.05) is 6.07 Å². The number of nitrogens with zero attached hydrogens (tertiary/aromatic N) is 1. The molecule has 2 N–H and O–H groups in total. The molecule has 0 bridgehead atoms. The summed E-state index contributed by atoms with van der Waals surface area (Å²) in [4.78, 5) is 6.93. The molecular formula is C12H10ClN3O2S2. The van der Waals surface area contributed by atoms with Crippen LogP contribution in [0.3, 0.4) is 0 Å². The molecule has 0 saturated heterocycles. The molecule has 0 aliphatic rings. The molecule has 3 aromatic rings. The van der Waals surface area contributed by atoms with Gasteiger partial charge < -0.3 is 4.98 Å². The van der Waals surface area contributed by atoms with E-state index in [0.717, 1.165) is 16.7 Å². The number of aromatic nitrogens is 2. The first-order chi connectivity index (χ1) is 9.47. The molecule has 0 fully saturated rings. The van der Waals surface area contributed by atoms with Crippen LogP contribution in [0.15, 0.2) is 34.8 Å². The smallest absolute Gasteiger partial charge is 0.273 e. The van der Waals surface area contributed by atoms with E-state index in [9.17, 15) is 8.42 Å². The summed E-state index contributed by atoms with van der Waals surface area (Å²) in [7, 11) is -3.63. The number of rotatable bonds is 3. The quantitative estimate of drug-likeness (QED) is 0.774. The summed E-state index contributed by atoms with van der Waals surface area (Å²) in [6, 6.07) is 5.25. The summed E-state index contributed by atoms with van der Waals surface area (Å²) < 4.78 is 27.3. The second kappa shape index (κ2) is 4.76. The predicted octanol–water partition coefficient (Wildman–Crippen LogP) is 3.39. The van der Waals surface area contributed by atoms with Gasteiger partial charge in [-0.1, -0.05) is 23.7 Å². The SMILES string of the molecule is Cc1ncc(S(=O)(=O)Nc2cccc3c(Cl)c[nH]c23)s1. The summed E-state index contributed by atoms with van der Waals surface area (Å²) in [6.45, 7) is 1.76. The first-order valence-corrected chi connectivity index (χ1v) is 8.36. The standard InChI is InChI=1S/C12H10ClN3O2S2/c1-7-14-6-11(19-7)20(17,18)16-10-4-2-3-8-9(13)5-15-12(8)10/h2-6,15-16H,1H3. The lowest BCUT2D eigenvalue weighted by Crippen LogP contribution is -2.11. The van der Waals surface area contributed by atoms with Gasteiger partial charge in [0.05, 0.1) is 27.4 Å². The first kappa shape index (κ1) is 13.4. The van der Waals surface area contributed by atoms with Gasteiger partial charge in [-0.15, -0.1) is 11.3 Å². The number of benzene rings is 1. The molecule has 0 atom stereocenters. The van der Waals surface area contributed by atoms with Crippen LogP contribution in [-0.2, 0) is 10.0 Å². The van der Waals surface area contributed by atoms with Crippen molar-refractivity contribution >= 4 is 49.6 Å². The largest absolute Gasteiger partial charge is 0.358 e. The van der Waals surface area contributed by atoms with Crippen molar-refractivity contribution in [2.24, 2.45) is 0 Å². The Balaban J connectivity index is 2.05. The van der Waals surface area contributed by atoms with Crippen LogP contribution in [-0.4, -0.2) is 18.4 Å². The Morgan fingerprint density at radius 2 is 2.20 bits per heavy atom. The molecule has 0 aliphatic heterocycles. The molecule has 2 aromatic heterocycles. The van der Waals surface area contributed by atoms with Gasteiger partial charge in [0, 0.05) is 11.6 Å². The van der Waals surface area contributed by atoms with Crippen molar-refractivity contribution in [1.29, 1.82) is 0 Å². The van der Waals surface area contributed by atoms with E-state index in [1.54, 1.807) is 25.3 Å². The number of aryl methyl sites for hydroxylation is 1. The number of anilines is 1. The first-order valence-electron chi connectivity index (χ1n) is 5.68. The van der Waals surface area contributed by atoms with Crippen LogP contribution in [0, 0.1) is 6.92 Å². The topological polar surface area (TPSA) is 74.8 Å². The van der Waals surface area contributed by atoms with Gasteiger partial charge in [0.1, 0.15) is 0 Å². The maximum Gasteiger partial charge on any atom is 0.273 e. The number of thiazole rings is 1. The molecule has 104 valence electrons. The lowest BCUT2D eigenvalue weighted by Gasteiger charge is -2.07. The summed E-state index contributed by atoms with van der Waals surface area (Å²) >= 11 is 7.15. The number of halogens is 1. The number of fused-ring (bicyclic) bond motifs is 1. The van der Waals surface area contributed by atoms with Gasteiger partial charge in [-0.05, 0) is 13.0 Å². The number of H-pyrrole nitrogens is 1. The number of nitrogens with one attached hydrogen (secondary N) is 2. The molecule has 8 heteroatoms. The molecule has 0 spiro atoms. The summed E-state index contributed by atoms with van der Waals surface area (Å²) in [5.74, 6) is 0. The Kier molecular flexibility index (Phi) is 3.19. The monoisotopic (exact) mass is 327 g/mol. The minimum absolute atomic E-state index is 0.185. The number of aromatic amines is 1. The van der Waals surface area contributed by atoms with E-state index < -0.39 is 10.0 Å². The third-order valence-corrected chi connectivity index (χ3v) is 5.83. The molecule has 20 heavy (non-hydrogen) atoms. The Morgan fingerprint density at radius 3 is 2.90 bits per heavy atom. The van der Waals surface area contributed by atoms with Crippen LogP contribution in [0.5, 0.6) is 0 Å². The second-order valence-corrected chi connectivity index (χ2v) is 7.72. The molecule has 0 radical (unpaired) electrons. The van der Waals surface area contributed by atoms with E-state index >= 15 is 0 Å². The molecule has 1 aromatic carbocycles. The molecule has 0 amide bonds. The molecular weight excluding hydrogens is 318 g/mol.